The Hall–Kier alpha value is -3.55. The zero-order valence-electron chi connectivity index (χ0n) is 15.8. The van der Waals surface area contributed by atoms with Crippen LogP contribution in [-0.4, -0.2) is 15.9 Å². The second-order valence-electron chi connectivity index (χ2n) is 7.30. The number of oxazole rings is 2. The largest absolute Gasteiger partial charge is 0.441 e. The van der Waals surface area contributed by atoms with Crippen molar-refractivity contribution in [2.24, 2.45) is 0 Å². The number of hydrogen-bond donors (Lipinski definition) is 1. The van der Waals surface area contributed by atoms with Crippen LogP contribution in [0.5, 0.6) is 0 Å². The Bertz CT molecular complexity index is 1240. The first kappa shape index (κ1) is 18.5. The van der Waals surface area contributed by atoms with Crippen molar-refractivity contribution in [2.75, 3.05) is 5.32 Å². The predicted molar refractivity (Wildman–Crippen MR) is 105 cm³/mol. The number of nitrogens with one attached hydrogen (secondary N) is 1. The van der Waals surface area contributed by atoms with Gasteiger partial charge in [0.2, 0.25) is 5.91 Å². The van der Waals surface area contributed by atoms with Gasteiger partial charge in [-0.1, -0.05) is 0 Å². The molecule has 152 valence electrons. The Balaban J connectivity index is 1.21. The van der Waals surface area contributed by atoms with Crippen molar-refractivity contribution in [1.82, 2.24) is 9.97 Å². The van der Waals surface area contributed by atoms with Crippen molar-refractivity contribution in [3.8, 4) is 11.3 Å². The third kappa shape index (κ3) is 3.80. The molecule has 4 aromatic rings. The first-order chi connectivity index (χ1) is 14.5. The lowest BCUT2D eigenvalue weighted by Crippen LogP contribution is -2.12. The first-order valence-corrected chi connectivity index (χ1v) is 9.65. The maximum absolute atomic E-state index is 13.9. The number of amides is 1. The summed E-state index contributed by atoms with van der Waals surface area (Å²) in [7, 11) is 0. The monoisotopic (exact) mass is 409 g/mol. The molecule has 8 heteroatoms. The van der Waals surface area contributed by atoms with Crippen LogP contribution in [0.3, 0.4) is 0 Å². The van der Waals surface area contributed by atoms with Gasteiger partial charge in [-0.25, -0.2) is 18.7 Å². The molecule has 0 unspecified atom stereocenters. The Kier molecular flexibility index (Phi) is 4.54. The van der Waals surface area contributed by atoms with Gasteiger partial charge < -0.3 is 14.2 Å². The summed E-state index contributed by atoms with van der Waals surface area (Å²) in [5, 5.41) is 2.82. The van der Waals surface area contributed by atoms with Gasteiger partial charge in [0.1, 0.15) is 17.2 Å². The summed E-state index contributed by atoms with van der Waals surface area (Å²) in [6.07, 6.45) is 3.95. The van der Waals surface area contributed by atoms with E-state index < -0.39 is 11.6 Å². The molecule has 0 spiro atoms. The number of fused-ring (bicyclic) bond motifs is 1. The third-order valence-electron chi connectivity index (χ3n) is 4.93. The molecule has 30 heavy (non-hydrogen) atoms. The highest BCUT2D eigenvalue weighted by Gasteiger charge is 2.28. The van der Waals surface area contributed by atoms with Crippen LogP contribution in [0.2, 0.25) is 0 Å². The van der Waals surface area contributed by atoms with Crippen molar-refractivity contribution < 1.29 is 22.4 Å². The number of benzene rings is 2. The summed E-state index contributed by atoms with van der Waals surface area (Å²) >= 11 is 0. The molecule has 2 heterocycles. The normalized spacial score (nSPS) is 13.7. The summed E-state index contributed by atoms with van der Waals surface area (Å²) in [4.78, 5) is 20.8. The van der Waals surface area contributed by atoms with Crippen LogP contribution >= 0.6 is 0 Å². The molecule has 1 saturated carbocycles. The second kappa shape index (κ2) is 7.37. The van der Waals surface area contributed by atoms with E-state index in [0.717, 1.165) is 30.9 Å². The topological polar surface area (TPSA) is 81.2 Å². The summed E-state index contributed by atoms with van der Waals surface area (Å²) < 4.78 is 38.1. The quantitative estimate of drug-likeness (QED) is 0.473. The van der Waals surface area contributed by atoms with Crippen molar-refractivity contribution in [1.29, 1.82) is 0 Å². The van der Waals surface area contributed by atoms with Gasteiger partial charge in [0.05, 0.1) is 11.8 Å². The zero-order valence-corrected chi connectivity index (χ0v) is 15.8. The van der Waals surface area contributed by atoms with Crippen molar-refractivity contribution in [2.45, 2.75) is 31.6 Å². The summed E-state index contributed by atoms with van der Waals surface area (Å²) in [6.45, 7) is 0. The van der Waals surface area contributed by atoms with E-state index in [4.69, 9.17) is 8.83 Å². The van der Waals surface area contributed by atoms with E-state index in [1.807, 2.05) is 0 Å². The lowest BCUT2D eigenvalue weighted by molar-refractivity contribution is -0.116. The number of anilines is 1. The fourth-order valence-electron chi connectivity index (χ4n) is 3.21. The standard InChI is InChI=1S/C22H17F2N3O3/c23-13-3-5-15(16(24)9-13)19-11-25-21(29-19)8-7-20(28)26-14-4-6-18-17(10-14)27-22(30-18)12-1-2-12/h3-6,9-12H,1-2,7-8H2,(H,26,28). The fraction of sp³-hybridized carbons (Fsp3) is 0.227. The highest BCUT2D eigenvalue weighted by atomic mass is 19.1. The van der Waals surface area contributed by atoms with Gasteiger partial charge in [-0.3, -0.25) is 4.79 Å². The van der Waals surface area contributed by atoms with Gasteiger partial charge in [0.15, 0.2) is 23.1 Å². The van der Waals surface area contributed by atoms with E-state index in [-0.39, 0.29) is 30.1 Å². The highest BCUT2D eigenvalue weighted by Crippen LogP contribution is 2.40. The lowest BCUT2D eigenvalue weighted by atomic mass is 10.2. The van der Waals surface area contributed by atoms with Crippen LogP contribution in [0, 0.1) is 11.6 Å². The number of nitrogens with zero attached hydrogens (tertiary/aromatic N) is 2. The number of aryl methyl sites for hydroxylation is 1. The Morgan fingerprint density at radius 3 is 2.80 bits per heavy atom. The second-order valence-corrected chi connectivity index (χ2v) is 7.30. The molecule has 1 aliphatic rings. The molecule has 1 aliphatic carbocycles. The van der Waals surface area contributed by atoms with Crippen molar-refractivity contribution in [3.05, 3.63) is 66.0 Å². The van der Waals surface area contributed by atoms with E-state index in [0.29, 0.717) is 28.6 Å². The Morgan fingerprint density at radius 2 is 2.00 bits per heavy atom. The number of halogens is 2. The molecular formula is C22H17F2N3O3. The molecule has 2 aromatic heterocycles. The molecule has 0 saturated heterocycles. The van der Waals surface area contributed by atoms with Crippen LogP contribution < -0.4 is 5.32 Å². The molecule has 1 N–H and O–H groups in total. The van der Waals surface area contributed by atoms with Gasteiger partial charge in [0, 0.05) is 30.5 Å². The molecule has 6 nitrogen and oxygen atoms in total. The van der Waals surface area contributed by atoms with Crippen molar-refractivity contribution >= 4 is 22.7 Å². The van der Waals surface area contributed by atoms with Crippen molar-refractivity contribution in [3.63, 3.8) is 0 Å². The maximum atomic E-state index is 13.9. The van der Waals surface area contributed by atoms with E-state index >= 15 is 0 Å². The SMILES string of the molecule is O=C(CCc1ncc(-c2ccc(F)cc2F)o1)Nc1ccc2oc(C3CC3)nc2c1. The van der Waals surface area contributed by atoms with Gasteiger partial charge in [0.25, 0.3) is 0 Å². The van der Waals surface area contributed by atoms with Gasteiger partial charge in [-0.2, -0.15) is 0 Å². The first-order valence-electron chi connectivity index (χ1n) is 9.65. The molecular weight excluding hydrogens is 392 g/mol. The molecule has 0 atom stereocenters. The summed E-state index contributed by atoms with van der Waals surface area (Å²) in [5.74, 6) is 0.0442. The average Bonchev–Trinajstić information content (AvgIpc) is 3.31. The van der Waals surface area contributed by atoms with Crippen LogP contribution in [0.25, 0.3) is 22.4 Å². The predicted octanol–water partition coefficient (Wildman–Crippen LogP) is 5.21. The summed E-state index contributed by atoms with van der Waals surface area (Å²) in [5.41, 5.74) is 2.17. The molecule has 0 aliphatic heterocycles. The third-order valence-corrected chi connectivity index (χ3v) is 4.93. The molecule has 1 amide bonds. The summed E-state index contributed by atoms with van der Waals surface area (Å²) in [6, 6.07) is 8.56. The van der Waals surface area contributed by atoms with Crippen LogP contribution in [-0.2, 0) is 11.2 Å². The van der Waals surface area contributed by atoms with Gasteiger partial charge >= 0.3 is 0 Å². The fourth-order valence-corrected chi connectivity index (χ4v) is 3.21. The van der Waals surface area contributed by atoms with Gasteiger partial charge in [-0.15, -0.1) is 0 Å². The number of carbonyl (C=O) groups is 1. The maximum Gasteiger partial charge on any atom is 0.224 e. The van der Waals surface area contributed by atoms with Gasteiger partial charge in [-0.05, 0) is 43.2 Å². The van der Waals surface area contributed by atoms with E-state index in [1.165, 1.54) is 12.3 Å². The zero-order chi connectivity index (χ0) is 20.7. The molecule has 5 rings (SSSR count). The highest BCUT2D eigenvalue weighted by molar-refractivity contribution is 5.92. The minimum atomic E-state index is -0.733. The molecule has 2 aromatic carbocycles. The minimum Gasteiger partial charge on any atom is -0.441 e. The minimum absolute atomic E-state index is 0.117. The number of hydrogen-bond acceptors (Lipinski definition) is 5. The van der Waals surface area contributed by atoms with Crippen LogP contribution in [0.15, 0.2) is 51.4 Å². The number of aromatic nitrogens is 2. The molecule has 1 fully saturated rings. The van der Waals surface area contributed by atoms with Crippen LogP contribution in [0.4, 0.5) is 14.5 Å². The molecule has 0 radical (unpaired) electrons. The molecule has 0 bridgehead atoms. The Labute approximate surface area is 169 Å². The average molecular weight is 409 g/mol. The number of carbonyl (C=O) groups excluding carboxylic acids is 1. The smallest absolute Gasteiger partial charge is 0.224 e. The van der Waals surface area contributed by atoms with E-state index in [9.17, 15) is 13.6 Å². The number of rotatable bonds is 6. The van der Waals surface area contributed by atoms with E-state index in [1.54, 1.807) is 18.2 Å². The lowest BCUT2D eigenvalue weighted by Gasteiger charge is -2.04. The van der Waals surface area contributed by atoms with Crippen LogP contribution in [0.1, 0.15) is 37.0 Å². The van der Waals surface area contributed by atoms with E-state index in [2.05, 4.69) is 15.3 Å². The Morgan fingerprint density at radius 1 is 1.13 bits per heavy atom.